The predicted molar refractivity (Wildman–Crippen MR) is 56.9 cm³/mol. The molecule has 1 heterocycles. The fourth-order valence-electron chi connectivity index (χ4n) is 0.735. The maximum Gasteiger partial charge on any atom is 0.138 e. The van der Waals surface area contributed by atoms with E-state index in [2.05, 4.69) is 34.4 Å². The van der Waals surface area contributed by atoms with Gasteiger partial charge in [0.05, 0.1) is 6.20 Å². The fourth-order valence-corrected chi connectivity index (χ4v) is 0.970. The molecule has 0 bridgehead atoms. The van der Waals surface area contributed by atoms with E-state index in [9.17, 15) is 0 Å². The second-order valence-corrected chi connectivity index (χ2v) is 3.52. The van der Waals surface area contributed by atoms with Gasteiger partial charge < -0.3 is 4.74 Å². The smallest absolute Gasteiger partial charge is 0.138 e. The summed E-state index contributed by atoms with van der Waals surface area (Å²) in [6.45, 7) is 6.48. The molecule has 1 rings (SSSR count). The van der Waals surface area contributed by atoms with Crippen molar-refractivity contribution in [3.63, 3.8) is 0 Å². The molecule has 0 aliphatic carbocycles. The zero-order valence-electron chi connectivity index (χ0n) is 7.59. The largest absolute Gasteiger partial charge is 0.488 e. The third kappa shape index (κ3) is 3.59. The molecule has 0 spiro atoms. The minimum absolute atomic E-state index is 0.569. The van der Waals surface area contributed by atoms with Gasteiger partial charge in [0.25, 0.3) is 0 Å². The second kappa shape index (κ2) is 5.02. The Morgan fingerprint density at radius 1 is 1.62 bits per heavy atom. The van der Waals surface area contributed by atoms with Crippen LogP contribution in [-0.2, 0) is 0 Å². The van der Waals surface area contributed by atoms with Crippen LogP contribution in [0, 0.1) is 0 Å². The summed E-state index contributed by atoms with van der Waals surface area (Å²) >= 11 is 3.25. The molecule has 0 aromatic carbocycles. The monoisotopic (exact) mass is 241 g/mol. The van der Waals surface area contributed by atoms with E-state index in [1.54, 1.807) is 6.20 Å². The number of halogens is 1. The Labute approximate surface area is 86.8 Å². The molecule has 0 radical (unpaired) electrons. The van der Waals surface area contributed by atoms with Crippen LogP contribution >= 0.6 is 15.9 Å². The molecule has 0 unspecified atom stereocenters. The summed E-state index contributed by atoms with van der Waals surface area (Å²) < 4.78 is 6.24. The summed E-state index contributed by atoms with van der Waals surface area (Å²) in [5.74, 6) is 0.776. The number of aromatic nitrogens is 1. The predicted octanol–water partition coefficient (Wildman–Crippen LogP) is 3.19. The van der Waals surface area contributed by atoms with E-state index in [-0.39, 0.29) is 0 Å². The molecular weight excluding hydrogens is 230 g/mol. The molecule has 0 atom stereocenters. The first-order valence-corrected chi connectivity index (χ1v) is 4.92. The fraction of sp³-hybridized carbons (Fsp3) is 0.300. The van der Waals surface area contributed by atoms with Gasteiger partial charge in [-0.25, -0.2) is 4.98 Å². The van der Waals surface area contributed by atoms with Gasteiger partial charge in [-0.1, -0.05) is 13.5 Å². The maximum atomic E-state index is 5.43. The zero-order chi connectivity index (χ0) is 9.68. The van der Waals surface area contributed by atoms with Crippen LogP contribution < -0.4 is 4.74 Å². The van der Waals surface area contributed by atoms with E-state index in [0.717, 1.165) is 22.3 Å². The minimum atomic E-state index is 0.569. The zero-order valence-corrected chi connectivity index (χ0v) is 9.17. The summed E-state index contributed by atoms with van der Waals surface area (Å²) in [7, 11) is 0. The number of rotatable bonds is 4. The van der Waals surface area contributed by atoms with E-state index in [0.29, 0.717) is 6.61 Å². The Bertz CT molecular complexity index is 281. The first-order chi connectivity index (χ1) is 6.22. The number of pyridine rings is 1. The van der Waals surface area contributed by atoms with Crippen molar-refractivity contribution < 1.29 is 4.74 Å². The lowest BCUT2D eigenvalue weighted by Crippen LogP contribution is -1.99. The Hall–Kier alpha value is -0.830. The molecule has 0 amide bonds. The molecule has 0 saturated carbocycles. The number of nitrogens with zero attached hydrogens (tertiary/aromatic N) is 1. The number of hydrogen-bond donors (Lipinski definition) is 0. The highest BCUT2D eigenvalue weighted by molar-refractivity contribution is 9.10. The number of hydrogen-bond acceptors (Lipinski definition) is 2. The lowest BCUT2D eigenvalue weighted by atomic mass is 10.2. The van der Waals surface area contributed by atoms with Crippen molar-refractivity contribution in [3.8, 4) is 5.75 Å². The third-order valence-corrected chi connectivity index (χ3v) is 2.11. The summed E-state index contributed by atoms with van der Waals surface area (Å²) in [4.78, 5) is 4.04. The summed E-state index contributed by atoms with van der Waals surface area (Å²) in [6.07, 6.45) is 2.64. The van der Waals surface area contributed by atoms with Crippen LogP contribution in [0.15, 0.2) is 35.1 Å². The van der Waals surface area contributed by atoms with Gasteiger partial charge in [0.1, 0.15) is 17.0 Å². The molecule has 13 heavy (non-hydrogen) atoms. The maximum absolute atomic E-state index is 5.43. The average molecular weight is 242 g/mol. The van der Waals surface area contributed by atoms with Crippen molar-refractivity contribution in [2.24, 2.45) is 0 Å². The van der Waals surface area contributed by atoms with Crippen molar-refractivity contribution in [2.45, 2.75) is 13.3 Å². The van der Waals surface area contributed by atoms with Crippen LogP contribution in [0.4, 0.5) is 0 Å². The van der Waals surface area contributed by atoms with Gasteiger partial charge in [-0.05, 0) is 40.1 Å². The van der Waals surface area contributed by atoms with Gasteiger partial charge in [0.2, 0.25) is 0 Å². The van der Waals surface area contributed by atoms with Crippen molar-refractivity contribution in [1.82, 2.24) is 4.98 Å². The normalized spacial score (nSPS) is 9.69. The molecular formula is C10H12BrNO. The molecule has 0 N–H and O–H groups in total. The quantitative estimate of drug-likeness (QED) is 0.597. The molecule has 0 aliphatic rings. The van der Waals surface area contributed by atoms with Crippen molar-refractivity contribution in [2.75, 3.05) is 6.61 Å². The second-order valence-electron chi connectivity index (χ2n) is 2.71. The van der Waals surface area contributed by atoms with E-state index in [1.807, 2.05) is 12.1 Å². The Morgan fingerprint density at radius 3 is 2.92 bits per heavy atom. The van der Waals surface area contributed by atoms with E-state index >= 15 is 0 Å². The van der Waals surface area contributed by atoms with Gasteiger partial charge in [0.15, 0.2) is 0 Å². The van der Waals surface area contributed by atoms with Gasteiger partial charge in [-0.15, -0.1) is 0 Å². The van der Waals surface area contributed by atoms with Crippen molar-refractivity contribution in [1.29, 1.82) is 0 Å². The molecule has 0 saturated heterocycles. The van der Waals surface area contributed by atoms with Crippen LogP contribution in [0.25, 0.3) is 0 Å². The lowest BCUT2D eigenvalue weighted by molar-refractivity contribution is 0.347. The van der Waals surface area contributed by atoms with Gasteiger partial charge >= 0.3 is 0 Å². The molecule has 3 heteroatoms. The third-order valence-electron chi connectivity index (χ3n) is 1.64. The van der Waals surface area contributed by atoms with Gasteiger partial charge in [0, 0.05) is 0 Å². The highest BCUT2D eigenvalue weighted by atomic mass is 79.9. The topological polar surface area (TPSA) is 22.1 Å². The standard InChI is InChI=1S/C10H12BrNO/c1-3-8(2)7-13-9-4-5-10(11)12-6-9/h4-6H,2-3,7H2,1H3. The minimum Gasteiger partial charge on any atom is -0.488 e. The summed E-state index contributed by atoms with van der Waals surface area (Å²) in [6, 6.07) is 3.73. The van der Waals surface area contributed by atoms with Crippen LogP contribution in [-0.4, -0.2) is 11.6 Å². The Kier molecular flexibility index (Phi) is 3.96. The first kappa shape index (κ1) is 10.3. The summed E-state index contributed by atoms with van der Waals surface area (Å²) in [5.41, 5.74) is 1.09. The van der Waals surface area contributed by atoms with Gasteiger partial charge in [-0.2, -0.15) is 0 Å². The van der Waals surface area contributed by atoms with E-state index < -0.39 is 0 Å². The van der Waals surface area contributed by atoms with Gasteiger partial charge in [-0.3, -0.25) is 0 Å². The number of ether oxygens (including phenoxy) is 1. The molecule has 70 valence electrons. The highest BCUT2D eigenvalue weighted by Gasteiger charge is 1.95. The van der Waals surface area contributed by atoms with Crippen LogP contribution in [0.1, 0.15) is 13.3 Å². The first-order valence-electron chi connectivity index (χ1n) is 4.13. The van der Waals surface area contributed by atoms with Crippen LogP contribution in [0.5, 0.6) is 5.75 Å². The lowest BCUT2D eigenvalue weighted by Gasteiger charge is -2.05. The molecule has 0 fully saturated rings. The van der Waals surface area contributed by atoms with Crippen LogP contribution in [0.3, 0.4) is 0 Å². The SMILES string of the molecule is C=C(CC)COc1ccc(Br)nc1. The van der Waals surface area contributed by atoms with Crippen molar-refractivity contribution >= 4 is 15.9 Å². The Morgan fingerprint density at radius 2 is 2.38 bits per heavy atom. The van der Waals surface area contributed by atoms with Crippen molar-refractivity contribution in [3.05, 3.63) is 35.1 Å². The molecule has 1 aromatic heterocycles. The van der Waals surface area contributed by atoms with E-state index in [4.69, 9.17) is 4.74 Å². The Balaban J connectivity index is 2.46. The molecule has 1 aromatic rings. The summed E-state index contributed by atoms with van der Waals surface area (Å²) in [5, 5.41) is 0. The average Bonchev–Trinajstić information content (AvgIpc) is 2.16. The highest BCUT2D eigenvalue weighted by Crippen LogP contribution is 2.13. The van der Waals surface area contributed by atoms with Crippen LogP contribution in [0.2, 0.25) is 0 Å². The molecule has 2 nitrogen and oxygen atoms in total. The molecule has 0 aliphatic heterocycles. The van der Waals surface area contributed by atoms with E-state index in [1.165, 1.54) is 0 Å².